The highest BCUT2D eigenvalue weighted by molar-refractivity contribution is 7.93. The van der Waals surface area contributed by atoms with E-state index in [9.17, 15) is 13.2 Å². The van der Waals surface area contributed by atoms with Crippen molar-refractivity contribution in [2.45, 2.75) is 22.3 Å². The van der Waals surface area contributed by atoms with Gasteiger partial charge in [-0.25, -0.2) is 17.2 Å². The Morgan fingerprint density at radius 1 is 1.23 bits per heavy atom. The molecule has 0 saturated heterocycles. The third-order valence-corrected chi connectivity index (χ3v) is 12.2. The molecule has 22 heavy (non-hydrogen) atoms. The van der Waals surface area contributed by atoms with E-state index in [1.807, 2.05) is 0 Å². The van der Waals surface area contributed by atoms with Gasteiger partial charge in [0.15, 0.2) is 8.24 Å². The molecule has 120 valence electrons. The van der Waals surface area contributed by atoms with Crippen LogP contribution in [0, 0.1) is 0 Å². The van der Waals surface area contributed by atoms with Crippen LogP contribution in [-0.2, 0) is 10.0 Å². The number of urea groups is 1. The van der Waals surface area contributed by atoms with Crippen molar-refractivity contribution in [3.05, 3.63) is 55.5 Å². The average molecular weight is 357 g/mol. The number of nitrogens with two attached hydrogens (primary N) is 1. The number of hydrogen-bond donors (Lipinski definition) is 1. The van der Waals surface area contributed by atoms with Crippen molar-refractivity contribution < 1.29 is 13.2 Å². The lowest BCUT2D eigenvalue weighted by Gasteiger charge is -2.38. The van der Waals surface area contributed by atoms with Crippen LogP contribution in [0.1, 0.15) is 0 Å². The number of sulfonamides is 1. The fourth-order valence-electron chi connectivity index (χ4n) is 2.41. The molecule has 2 N–H and O–H groups in total. The second kappa shape index (κ2) is 7.57. The smallest absolute Gasteiger partial charge is 0.320 e. The van der Waals surface area contributed by atoms with Crippen LogP contribution in [0.2, 0.25) is 18.1 Å². The van der Waals surface area contributed by atoms with Gasteiger partial charge in [-0.05, 0) is 29.6 Å². The Morgan fingerprint density at radius 2 is 1.73 bits per heavy atom. The van der Waals surface area contributed by atoms with E-state index < -0.39 is 24.3 Å². The normalized spacial score (nSPS) is 11.6. The van der Waals surface area contributed by atoms with Crippen LogP contribution in [0.4, 0.5) is 4.79 Å². The summed E-state index contributed by atoms with van der Waals surface area (Å²) in [5, 5.41) is 1.64. The fraction of sp³-hybridized carbons (Fsp3) is 0.214. The second-order valence-corrected chi connectivity index (χ2v) is 12.1. The number of nitrogens with zero attached hydrogens (tertiary/aromatic N) is 1. The van der Waals surface area contributed by atoms with E-state index in [0.29, 0.717) is 18.1 Å². The van der Waals surface area contributed by atoms with Gasteiger partial charge in [-0.15, -0.1) is 31.1 Å². The molecular weight excluding hydrogens is 336 g/mol. The molecule has 2 amide bonds. The molecule has 1 rings (SSSR count). The predicted octanol–water partition coefficient (Wildman–Crippen LogP) is 3.32. The van der Waals surface area contributed by atoms with Gasteiger partial charge in [0, 0.05) is 0 Å². The molecule has 0 unspecified atom stereocenters. The molecule has 0 aliphatic carbocycles. The minimum atomic E-state index is -3.99. The number of carbonyl (C=O) groups is 1. The first-order valence-corrected chi connectivity index (χ1v) is 11.5. The summed E-state index contributed by atoms with van der Waals surface area (Å²) in [5.41, 5.74) is 5.45. The minimum Gasteiger partial charge on any atom is -0.351 e. The molecule has 0 aromatic carbocycles. The van der Waals surface area contributed by atoms with Gasteiger partial charge in [0.05, 0.1) is 0 Å². The zero-order valence-electron chi connectivity index (χ0n) is 12.3. The van der Waals surface area contributed by atoms with Crippen LogP contribution in [0.5, 0.6) is 0 Å². The monoisotopic (exact) mass is 356 g/mol. The van der Waals surface area contributed by atoms with Crippen LogP contribution in [0.25, 0.3) is 0 Å². The maximum Gasteiger partial charge on any atom is 0.320 e. The summed E-state index contributed by atoms with van der Waals surface area (Å²) < 4.78 is 26.7. The molecule has 1 heterocycles. The van der Waals surface area contributed by atoms with E-state index in [2.05, 4.69) is 19.7 Å². The Kier molecular flexibility index (Phi) is 6.33. The van der Waals surface area contributed by atoms with Crippen LogP contribution < -0.4 is 5.73 Å². The van der Waals surface area contributed by atoms with Crippen molar-refractivity contribution in [3.8, 4) is 0 Å². The molecule has 0 radical (unpaired) electrons. The number of thiophene rings is 1. The summed E-state index contributed by atoms with van der Waals surface area (Å²) in [7, 11) is -6.84. The number of allylic oxidation sites excluding steroid dienone is 3. The van der Waals surface area contributed by atoms with Crippen LogP contribution in [0.3, 0.4) is 0 Å². The van der Waals surface area contributed by atoms with Crippen LogP contribution >= 0.6 is 11.3 Å². The quantitative estimate of drug-likeness (QED) is 0.544. The second-order valence-electron chi connectivity index (χ2n) is 4.74. The third-order valence-electron chi connectivity index (χ3n) is 3.19. The van der Waals surface area contributed by atoms with E-state index in [4.69, 9.17) is 5.73 Å². The molecule has 8 heteroatoms. The van der Waals surface area contributed by atoms with Crippen LogP contribution in [0.15, 0.2) is 59.7 Å². The maximum absolute atomic E-state index is 12.9. The van der Waals surface area contributed by atoms with Gasteiger partial charge in [0.25, 0.3) is 10.0 Å². The van der Waals surface area contributed by atoms with E-state index in [1.54, 1.807) is 29.7 Å². The van der Waals surface area contributed by atoms with Crippen molar-refractivity contribution in [1.29, 1.82) is 0 Å². The maximum atomic E-state index is 12.9. The Balaban J connectivity index is 3.54. The molecule has 1 aromatic rings. The molecule has 0 aliphatic rings. The lowest BCUT2D eigenvalue weighted by molar-refractivity contribution is 0.243. The van der Waals surface area contributed by atoms with Crippen molar-refractivity contribution >= 4 is 35.6 Å². The minimum absolute atomic E-state index is 0.0976. The molecule has 0 atom stereocenters. The summed E-state index contributed by atoms with van der Waals surface area (Å²) >= 11 is 1.05. The van der Waals surface area contributed by atoms with E-state index in [1.165, 1.54) is 6.07 Å². The summed E-state index contributed by atoms with van der Waals surface area (Å²) in [6.07, 6.45) is 4.87. The Bertz CT molecular complexity index is 627. The van der Waals surface area contributed by atoms with Gasteiger partial charge in [-0.2, -0.15) is 0 Å². The molecular formula is C14H20N2O3S2Si. The number of primary amides is 1. The number of rotatable bonds is 9. The highest BCUT2D eigenvalue weighted by Crippen LogP contribution is 2.33. The predicted molar refractivity (Wildman–Crippen MR) is 93.7 cm³/mol. The topological polar surface area (TPSA) is 80.5 Å². The van der Waals surface area contributed by atoms with E-state index in [-0.39, 0.29) is 4.21 Å². The number of amides is 2. The Hall–Kier alpha value is -1.64. The average Bonchev–Trinajstić information content (AvgIpc) is 2.93. The van der Waals surface area contributed by atoms with Gasteiger partial charge in [0.2, 0.25) is 0 Å². The Labute approximate surface area is 136 Å². The lowest BCUT2D eigenvalue weighted by Crippen LogP contribution is -2.59. The fourth-order valence-corrected chi connectivity index (χ4v) is 10.7. The highest BCUT2D eigenvalue weighted by atomic mass is 32.2. The first kappa shape index (κ1) is 18.4. The summed E-state index contributed by atoms with van der Waals surface area (Å²) in [4.78, 5) is 12.0. The molecule has 0 aliphatic heterocycles. The lowest BCUT2D eigenvalue weighted by atomic mass is 10.7. The van der Waals surface area contributed by atoms with Gasteiger partial charge in [-0.1, -0.05) is 24.3 Å². The SMILES string of the molecule is C=CC[Si](CC=C)(CC=C)N(C(N)=O)S(=O)(=O)c1cccs1. The number of hydrogen-bond acceptors (Lipinski definition) is 4. The molecule has 5 nitrogen and oxygen atoms in total. The first-order chi connectivity index (χ1) is 10.4. The van der Waals surface area contributed by atoms with Crippen molar-refractivity contribution in [2.24, 2.45) is 5.73 Å². The van der Waals surface area contributed by atoms with Gasteiger partial charge in [0.1, 0.15) is 4.21 Å². The highest BCUT2D eigenvalue weighted by Gasteiger charge is 2.46. The Morgan fingerprint density at radius 3 is 2.05 bits per heavy atom. The van der Waals surface area contributed by atoms with Crippen molar-refractivity contribution in [1.82, 2.24) is 3.97 Å². The van der Waals surface area contributed by atoms with Crippen molar-refractivity contribution in [2.75, 3.05) is 0 Å². The first-order valence-electron chi connectivity index (χ1n) is 6.57. The molecule has 0 spiro atoms. The summed E-state index contributed by atoms with van der Waals surface area (Å²) in [5.74, 6) is 0. The zero-order chi connectivity index (χ0) is 16.8. The molecule has 0 saturated carbocycles. The standard InChI is InChI=1S/C14H20N2O3S2Si/c1-4-10-22(11-5-2,12-6-3)16(14(15)17)21(18,19)13-8-7-9-20-13/h4-9H,1-3,10-12H2,(H2,15,17). The summed E-state index contributed by atoms with van der Waals surface area (Å²) in [6.45, 7) is 11.1. The molecule has 0 bridgehead atoms. The van der Waals surface area contributed by atoms with E-state index >= 15 is 0 Å². The molecule has 1 aromatic heterocycles. The molecule has 0 fully saturated rings. The largest absolute Gasteiger partial charge is 0.351 e. The number of carbonyl (C=O) groups excluding carboxylic acids is 1. The van der Waals surface area contributed by atoms with Gasteiger partial charge >= 0.3 is 6.03 Å². The third kappa shape index (κ3) is 3.57. The van der Waals surface area contributed by atoms with Gasteiger partial charge in [-0.3, -0.25) is 0 Å². The van der Waals surface area contributed by atoms with Crippen molar-refractivity contribution in [3.63, 3.8) is 0 Å². The zero-order valence-corrected chi connectivity index (χ0v) is 14.9. The van der Waals surface area contributed by atoms with E-state index in [0.717, 1.165) is 15.3 Å². The summed E-state index contributed by atoms with van der Waals surface area (Å²) in [6, 6.07) is 3.28. The van der Waals surface area contributed by atoms with Crippen LogP contribution in [-0.4, -0.2) is 26.7 Å². The van der Waals surface area contributed by atoms with Gasteiger partial charge < -0.3 is 5.73 Å².